The Bertz CT molecular complexity index is 227. The molecule has 1 saturated heterocycles. The van der Waals surface area contributed by atoms with Crippen LogP contribution in [0.4, 0.5) is 0 Å². The van der Waals surface area contributed by atoms with E-state index in [9.17, 15) is 0 Å². The van der Waals surface area contributed by atoms with Crippen LogP contribution in [0.5, 0.6) is 0 Å². The Morgan fingerprint density at radius 3 is 2.33 bits per heavy atom. The first-order chi connectivity index (χ1) is 7.22. The molecule has 1 heterocycles. The highest BCUT2D eigenvalue weighted by Gasteiger charge is 2.47. The molecule has 0 aromatic rings. The Morgan fingerprint density at radius 1 is 1.13 bits per heavy atom. The summed E-state index contributed by atoms with van der Waals surface area (Å²) in [4.78, 5) is 0. The van der Waals surface area contributed by atoms with Crippen molar-refractivity contribution in [3.63, 3.8) is 0 Å². The van der Waals surface area contributed by atoms with Gasteiger partial charge >= 0.3 is 0 Å². The van der Waals surface area contributed by atoms with Crippen LogP contribution in [0.3, 0.4) is 0 Å². The Hall–Kier alpha value is -0.0800. The number of nitrogens with one attached hydrogen (secondary N) is 1. The third-order valence-corrected chi connectivity index (χ3v) is 4.94. The zero-order chi connectivity index (χ0) is 10.4. The topological polar surface area (TPSA) is 21.3 Å². The molecule has 1 N–H and O–H groups in total. The monoisotopic (exact) mass is 209 g/mol. The molecule has 3 aliphatic rings. The van der Waals surface area contributed by atoms with Crippen LogP contribution >= 0.6 is 0 Å². The van der Waals surface area contributed by atoms with Crippen molar-refractivity contribution in [2.24, 2.45) is 11.3 Å². The van der Waals surface area contributed by atoms with E-state index >= 15 is 0 Å². The predicted molar refractivity (Wildman–Crippen MR) is 60.6 cm³/mol. The minimum Gasteiger partial charge on any atom is -0.360 e. The Kier molecular flexibility index (Phi) is 2.33. The second-order valence-electron chi connectivity index (χ2n) is 6.17. The molecule has 0 aromatic heterocycles. The molecule has 86 valence electrons. The van der Waals surface area contributed by atoms with Crippen LogP contribution in [-0.4, -0.2) is 18.9 Å². The average molecular weight is 209 g/mol. The van der Waals surface area contributed by atoms with Crippen molar-refractivity contribution in [3.8, 4) is 0 Å². The lowest BCUT2D eigenvalue weighted by Gasteiger charge is -2.53. The van der Waals surface area contributed by atoms with Gasteiger partial charge in [0.25, 0.3) is 0 Å². The Morgan fingerprint density at radius 2 is 1.87 bits per heavy atom. The average Bonchev–Trinajstić information content (AvgIpc) is 2.22. The molecule has 0 amide bonds. The first kappa shape index (κ1) is 10.1. The van der Waals surface area contributed by atoms with Crippen LogP contribution < -0.4 is 5.32 Å². The largest absolute Gasteiger partial charge is 0.360 e. The van der Waals surface area contributed by atoms with Crippen molar-refractivity contribution in [2.45, 2.75) is 57.6 Å². The molecule has 0 atom stereocenters. The van der Waals surface area contributed by atoms with E-state index in [1.807, 2.05) is 0 Å². The summed E-state index contributed by atoms with van der Waals surface area (Å²) < 4.78 is 6.20. The quantitative estimate of drug-likeness (QED) is 0.662. The van der Waals surface area contributed by atoms with Gasteiger partial charge in [-0.15, -0.1) is 0 Å². The lowest BCUT2D eigenvalue weighted by Crippen LogP contribution is -2.61. The van der Waals surface area contributed by atoms with Gasteiger partial charge in [-0.25, -0.2) is 0 Å². The molecule has 0 bridgehead atoms. The second-order valence-corrected chi connectivity index (χ2v) is 6.17. The van der Waals surface area contributed by atoms with Gasteiger partial charge in [-0.3, -0.25) is 5.32 Å². The SMILES string of the molecule is CC1CCC2(CC1)NCC1(CCC1)CO2. The molecule has 0 radical (unpaired) electrons. The number of hydrogen-bond donors (Lipinski definition) is 1. The minimum absolute atomic E-state index is 0.0767. The van der Waals surface area contributed by atoms with E-state index in [1.54, 1.807) is 0 Å². The molecule has 2 heteroatoms. The number of rotatable bonds is 0. The number of ether oxygens (including phenoxy) is 1. The first-order valence-corrected chi connectivity index (χ1v) is 6.61. The van der Waals surface area contributed by atoms with Crippen LogP contribution in [0.2, 0.25) is 0 Å². The molecule has 2 aliphatic carbocycles. The van der Waals surface area contributed by atoms with Crippen LogP contribution in [-0.2, 0) is 4.74 Å². The van der Waals surface area contributed by atoms with E-state index in [1.165, 1.54) is 51.5 Å². The Labute approximate surface area is 92.8 Å². The predicted octanol–water partition coefficient (Wildman–Crippen LogP) is 2.68. The highest BCUT2D eigenvalue weighted by atomic mass is 16.5. The van der Waals surface area contributed by atoms with Gasteiger partial charge in [-0.1, -0.05) is 13.3 Å². The molecule has 0 unspecified atom stereocenters. The van der Waals surface area contributed by atoms with Gasteiger partial charge < -0.3 is 4.74 Å². The maximum absolute atomic E-state index is 6.20. The molecule has 1 aliphatic heterocycles. The van der Waals surface area contributed by atoms with E-state index in [-0.39, 0.29) is 5.72 Å². The fraction of sp³-hybridized carbons (Fsp3) is 1.00. The van der Waals surface area contributed by atoms with Gasteiger partial charge in [0, 0.05) is 12.0 Å². The summed E-state index contributed by atoms with van der Waals surface area (Å²) in [6, 6.07) is 0. The van der Waals surface area contributed by atoms with Crippen LogP contribution in [0, 0.1) is 11.3 Å². The fourth-order valence-electron chi connectivity index (χ4n) is 3.29. The molecule has 2 nitrogen and oxygen atoms in total. The normalized spacial score (nSPS) is 44.2. The molecular formula is C13H23NO. The van der Waals surface area contributed by atoms with E-state index in [2.05, 4.69) is 12.2 Å². The summed E-state index contributed by atoms with van der Waals surface area (Å²) in [5.74, 6) is 0.903. The zero-order valence-electron chi connectivity index (χ0n) is 9.85. The smallest absolute Gasteiger partial charge is 0.119 e. The van der Waals surface area contributed by atoms with Crippen LogP contribution in [0.1, 0.15) is 51.9 Å². The van der Waals surface area contributed by atoms with Crippen LogP contribution in [0.25, 0.3) is 0 Å². The fourth-order valence-corrected chi connectivity index (χ4v) is 3.29. The van der Waals surface area contributed by atoms with E-state index < -0.39 is 0 Å². The first-order valence-electron chi connectivity index (χ1n) is 6.61. The minimum atomic E-state index is 0.0767. The van der Waals surface area contributed by atoms with Crippen molar-refractivity contribution < 1.29 is 4.74 Å². The van der Waals surface area contributed by atoms with E-state index in [4.69, 9.17) is 4.74 Å². The summed E-state index contributed by atoms with van der Waals surface area (Å²) in [5, 5.41) is 3.73. The zero-order valence-corrected chi connectivity index (χ0v) is 9.85. The maximum atomic E-state index is 6.20. The molecule has 2 saturated carbocycles. The van der Waals surface area contributed by atoms with Crippen molar-refractivity contribution in [1.29, 1.82) is 0 Å². The van der Waals surface area contributed by atoms with Gasteiger partial charge in [0.1, 0.15) is 5.72 Å². The van der Waals surface area contributed by atoms with Crippen molar-refractivity contribution in [1.82, 2.24) is 5.32 Å². The van der Waals surface area contributed by atoms with Gasteiger partial charge in [0.15, 0.2) is 0 Å². The highest BCUT2D eigenvalue weighted by molar-refractivity contribution is 4.97. The number of hydrogen-bond acceptors (Lipinski definition) is 2. The van der Waals surface area contributed by atoms with E-state index in [0.717, 1.165) is 12.5 Å². The van der Waals surface area contributed by atoms with Crippen molar-refractivity contribution in [3.05, 3.63) is 0 Å². The molecular weight excluding hydrogens is 186 g/mol. The molecule has 15 heavy (non-hydrogen) atoms. The van der Waals surface area contributed by atoms with Crippen LogP contribution in [0.15, 0.2) is 0 Å². The third-order valence-electron chi connectivity index (χ3n) is 4.94. The van der Waals surface area contributed by atoms with Gasteiger partial charge in [0.2, 0.25) is 0 Å². The van der Waals surface area contributed by atoms with Crippen molar-refractivity contribution in [2.75, 3.05) is 13.2 Å². The molecule has 3 rings (SSSR count). The molecule has 0 aromatic carbocycles. The van der Waals surface area contributed by atoms with Gasteiger partial charge in [0.05, 0.1) is 6.61 Å². The molecule has 3 fully saturated rings. The van der Waals surface area contributed by atoms with E-state index in [0.29, 0.717) is 5.41 Å². The van der Waals surface area contributed by atoms with Gasteiger partial charge in [-0.2, -0.15) is 0 Å². The Balaban J connectivity index is 1.60. The summed E-state index contributed by atoms with van der Waals surface area (Å²) in [6.45, 7) is 4.60. The maximum Gasteiger partial charge on any atom is 0.119 e. The lowest BCUT2D eigenvalue weighted by atomic mass is 9.68. The molecule has 2 spiro atoms. The summed E-state index contributed by atoms with van der Waals surface area (Å²) in [7, 11) is 0. The summed E-state index contributed by atoms with van der Waals surface area (Å²) in [6.07, 6.45) is 9.29. The summed E-state index contributed by atoms with van der Waals surface area (Å²) in [5.41, 5.74) is 0.613. The lowest BCUT2D eigenvalue weighted by molar-refractivity contribution is -0.181. The van der Waals surface area contributed by atoms with Crippen molar-refractivity contribution >= 4 is 0 Å². The second kappa shape index (κ2) is 3.46. The summed E-state index contributed by atoms with van der Waals surface area (Å²) >= 11 is 0. The highest BCUT2D eigenvalue weighted by Crippen LogP contribution is 2.46. The van der Waals surface area contributed by atoms with Gasteiger partial charge in [-0.05, 0) is 44.4 Å². The third kappa shape index (κ3) is 1.72. The standard InChI is InChI=1S/C13H23NO/c1-11-3-7-13(8-4-11)14-9-12(10-15-13)5-2-6-12/h11,14H,2-10H2,1H3.